The van der Waals surface area contributed by atoms with Crippen molar-refractivity contribution >= 4 is 15.6 Å². The van der Waals surface area contributed by atoms with Gasteiger partial charge in [0.1, 0.15) is 19.8 Å². The van der Waals surface area contributed by atoms with Crippen LogP contribution in [0.15, 0.2) is 0 Å². The van der Waals surface area contributed by atoms with Crippen molar-refractivity contribution in [3.8, 4) is 0 Å². The first-order chi connectivity index (χ1) is 12.9. The van der Waals surface area contributed by atoms with Gasteiger partial charge in [-0.25, -0.2) is 9.13 Å². The summed E-state index contributed by atoms with van der Waals surface area (Å²) in [4.78, 5) is 86.5. The Labute approximate surface area is 181 Å². The summed E-state index contributed by atoms with van der Waals surface area (Å²) in [6.45, 7) is -0.687. The third-order valence-corrected chi connectivity index (χ3v) is 1.81. The van der Waals surface area contributed by atoms with E-state index in [9.17, 15) is 30.3 Å². The minimum absolute atomic E-state index is 0. The first-order valence-electron chi connectivity index (χ1n) is 6.52. The topological polar surface area (TPSA) is 344 Å². The van der Waals surface area contributed by atoms with Crippen molar-refractivity contribution < 1.29 is 90.8 Å². The molecule has 0 saturated heterocycles. The van der Waals surface area contributed by atoms with Crippen molar-refractivity contribution in [1.29, 1.82) is 0 Å². The normalized spacial score (nSPS) is 9.90. The number of phosphoric acid groups is 2. The summed E-state index contributed by atoms with van der Waals surface area (Å²) in [6, 6.07) is 0. The van der Waals surface area contributed by atoms with Crippen LogP contribution in [0.25, 0.3) is 0 Å². The molecule has 0 spiro atoms. The van der Waals surface area contributed by atoms with E-state index >= 15 is 0 Å². The van der Waals surface area contributed by atoms with E-state index in [1.165, 1.54) is 4.90 Å². The van der Waals surface area contributed by atoms with Crippen LogP contribution in [0.3, 0.4) is 0 Å². The molecule has 0 saturated carbocycles. The summed E-state index contributed by atoms with van der Waals surface area (Å²) in [5.41, 5.74) is 0. The molecule has 0 amide bonds. The van der Waals surface area contributed by atoms with Crippen molar-refractivity contribution in [2.45, 2.75) is 0 Å². The zero-order chi connectivity index (χ0) is 23.7. The molecular formula is C6H18FeN4O18P2. The average molecular weight is 552 g/mol. The molecule has 0 aromatic carbocycles. The van der Waals surface area contributed by atoms with Gasteiger partial charge in [-0.15, -0.1) is 30.3 Å². The Morgan fingerprint density at radius 3 is 0.935 bits per heavy atom. The molecule has 22 nitrogen and oxygen atoms in total. The summed E-state index contributed by atoms with van der Waals surface area (Å²) >= 11 is 0. The standard InChI is InChI=1S/C6H12N4O9.Fe.2H3O4P.O/c11-8(12)17-4-1-7(2-5-18-9(13)14)3-6-19-10(15)16;;2*1-5(2,3)4;/h1-6H2;;2*(H3,1,2,3,4);/q;+2;;;-2. The number of hydrogen-bond donors (Lipinski definition) is 6. The van der Waals surface area contributed by atoms with Gasteiger partial charge in [0.2, 0.25) is 0 Å². The van der Waals surface area contributed by atoms with Crippen LogP contribution in [0.2, 0.25) is 0 Å². The van der Waals surface area contributed by atoms with Crippen LogP contribution in [-0.4, -0.2) is 89.0 Å². The van der Waals surface area contributed by atoms with Crippen LogP contribution in [0.4, 0.5) is 0 Å². The van der Waals surface area contributed by atoms with Gasteiger partial charge in [0.25, 0.3) is 15.3 Å². The summed E-state index contributed by atoms with van der Waals surface area (Å²) in [6.07, 6.45) is 0. The van der Waals surface area contributed by atoms with E-state index in [2.05, 4.69) is 14.5 Å². The van der Waals surface area contributed by atoms with Crippen LogP contribution in [0.1, 0.15) is 0 Å². The van der Waals surface area contributed by atoms with E-state index in [1.807, 2.05) is 0 Å². The predicted molar refractivity (Wildman–Crippen MR) is 84.5 cm³/mol. The van der Waals surface area contributed by atoms with Crippen LogP contribution < -0.4 is 0 Å². The van der Waals surface area contributed by atoms with Crippen LogP contribution in [0, 0.1) is 30.3 Å². The number of nitrogens with zero attached hydrogens (tertiary/aromatic N) is 4. The minimum Gasteiger partial charge on any atom is -2.00 e. The second-order valence-corrected chi connectivity index (χ2v) is 6.09. The fraction of sp³-hybridized carbons (Fsp3) is 1.00. The minimum atomic E-state index is -4.64. The fourth-order valence-corrected chi connectivity index (χ4v) is 1.07. The first-order valence-corrected chi connectivity index (χ1v) is 9.65. The maximum Gasteiger partial charge on any atom is 2.00 e. The van der Waals surface area contributed by atoms with Crippen LogP contribution >= 0.6 is 15.6 Å². The smallest absolute Gasteiger partial charge is 2.00 e. The zero-order valence-electron chi connectivity index (χ0n) is 14.9. The van der Waals surface area contributed by atoms with Gasteiger partial charge in [0, 0.05) is 19.6 Å². The monoisotopic (exact) mass is 552 g/mol. The van der Waals surface area contributed by atoms with Gasteiger partial charge in [-0.3, -0.25) is 4.90 Å². The predicted octanol–water partition coefficient (Wildman–Crippen LogP) is -3.07. The van der Waals surface area contributed by atoms with Crippen molar-refractivity contribution in [3.05, 3.63) is 30.3 Å². The van der Waals surface area contributed by atoms with Gasteiger partial charge >= 0.3 is 32.7 Å². The summed E-state index contributed by atoms with van der Waals surface area (Å²) < 4.78 is 17.8. The van der Waals surface area contributed by atoms with Crippen LogP contribution in [-0.2, 0) is 46.2 Å². The molecule has 0 aliphatic carbocycles. The van der Waals surface area contributed by atoms with E-state index in [1.54, 1.807) is 0 Å². The molecule has 0 aromatic heterocycles. The maximum absolute atomic E-state index is 9.92. The Kier molecular flexibility index (Phi) is 27.5. The van der Waals surface area contributed by atoms with Crippen LogP contribution in [0.5, 0.6) is 0 Å². The first kappa shape index (κ1) is 39.7. The molecule has 188 valence electrons. The third-order valence-electron chi connectivity index (χ3n) is 1.81. The van der Waals surface area contributed by atoms with Gasteiger partial charge < -0.3 is 49.3 Å². The molecule has 6 N–H and O–H groups in total. The van der Waals surface area contributed by atoms with Crippen molar-refractivity contribution in [1.82, 2.24) is 4.90 Å². The third kappa shape index (κ3) is 73.7. The largest absolute Gasteiger partial charge is 2.00 e. The van der Waals surface area contributed by atoms with Gasteiger partial charge in [0.05, 0.1) is 0 Å². The van der Waals surface area contributed by atoms with E-state index in [4.69, 9.17) is 38.5 Å². The van der Waals surface area contributed by atoms with Gasteiger partial charge in [0.15, 0.2) is 0 Å². The number of hydrogen-bond acceptors (Lipinski definition) is 12. The molecule has 0 fully saturated rings. The Hall–Kier alpha value is -1.74. The Bertz CT molecular complexity index is 497. The van der Waals surface area contributed by atoms with Crippen molar-refractivity contribution in [3.63, 3.8) is 0 Å². The molecular weight excluding hydrogens is 534 g/mol. The van der Waals surface area contributed by atoms with Gasteiger partial charge in [-0.2, -0.15) is 0 Å². The molecule has 0 heterocycles. The summed E-state index contributed by atoms with van der Waals surface area (Å²) in [5, 5.41) is 26.8. The SMILES string of the molecule is O=P(O)(O)O.O=P(O)(O)O.O=[N+]([O-])OCCN(CCO[N+](=O)[O-])CCO[N+](=O)[O-].[Fe+2].[O-2]. The molecule has 0 atom stereocenters. The molecule has 0 rings (SSSR count). The zero-order valence-corrected chi connectivity index (χ0v) is 17.8. The van der Waals surface area contributed by atoms with Crippen molar-refractivity contribution in [2.24, 2.45) is 0 Å². The molecule has 0 unspecified atom stereocenters. The molecule has 0 aliphatic rings. The quantitative estimate of drug-likeness (QED) is 0.0605. The summed E-state index contributed by atoms with van der Waals surface area (Å²) in [7, 11) is -9.28. The van der Waals surface area contributed by atoms with Gasteiger partial charge in [-0.1, -0.05) is 0 Å². The Balaban J connectivity index is -0.000000157. The Morgan fingerprint density at radius 2 is 0.806 bits per heavy atom. The van der Waals surface area contributed by atoms with E-state index < -0.39 is 30.9 Å². The van der Waals surface area contributed by atoms with Crippen molar-refractivity contribution in [2.75, 3.05) is 39.5 Å². The molecule has 0 radical (unpaired) electrons. The molecule has 0 aliphatic heterocycles. The van der Waals surface area contributed by atoms with E-state index in [0.717, 1.165) is 0 Å². The number of rotatable bonds is 12. The van der Waals surface area contributed by atoms with E-state index in [-0.39, 0.29) is 62.0 Å². The second-order valence-electron chi connectivity index (χ2n) is 4.04. The summed E-state index contributed by atoms with van der Waals surface area (Å²) in [5.74, 6) is 0. The average Bonchev–Trinajstić information content (AvgIpc) is 2.41. The molecule has 25 heteroatoms. The molecule has 31 heavy (non-hydrogen) atoms. The Morgan fingerprint density at radius 1 is 0.645 bits per heavy atom. The van der Waals surface area contributed by atoms with Gasteiger partial charge in [-0.05, 0) is 0 Å². The molecule has 0 aromatic rings. The maximum atomic E-state index is 9.92. The fourth-order valence-electron chi connectivity index (χ4n) is 1.07. The second kappa shape index (κ2) is 21.5. The van der Waals surface area contributed by atoms with E-state index in [0.29, 0.717) is 0 Å². The molecule has 0 bridgehead atoms.